The third-order valence-corrected chi connectivity index (χ3v) is 7.43. The summed E-state index contributed by atoms with van der Waals surface area (Å²) < 4.78 is 47.0. The zero-order valence-electron chi connectivity index (χ0n) is 17.2. The Kier molecular flexibility index (Phi) is 7.10. The highest BCUT2D eigenvalue weighted by molar-refractivity contribution is 7.89. The molecule has 0 spiro atoms. The lowest BCUT2D eigenvalue weighted by Crippen LogP contribution is -2.42. The van der Waals surface area contributed by atoms with Crippen molar-refractivity contribution >= 4 is 15.9 Å². The quantitative estimate of drug-likeness (QED) is 0.725. The number of benzene rings is 2. The molecule has 1 atom stereocenters. The fourth-order valence-corrected chi connectivity index (χ4v) is 5.57. The number of piperidine rings is 1. The summed E-state index contributed by atoms with van der Waals surface area (Å²) in [6.07, 6.45) is 2.94. The Morgan fingerprint density at radius 1 is 1.23 bits per heavy atom. The van der Waals surface area contributed by atoms with E-state index in [2.05, 4.69) is 5.32 Å². The zero-order valence-corrected chi connectivity index (χ0v) is 18.0. The second-order valence-electron chi connectivity index (χ2n) is 7.42. The molecule has 1 saturated heterocycles. The fourth-order valence-electron chi connectivity index (χ4n) is 3.69. The van der Waals surface area contributed by atoms with Gasteiger partial charge in [0.25, 0.3) is 5.91 Å². The number of methoxy groups -OCH3 is 1. The van der Waals surface area contributed by atoms with Gasteiger partial charge in [0.05, 0.1) is 7.11 Å². The smallest absolute Gasteiger partial charge is 0.251 e. The first-order valence-corrected chi connectivity index (χ1v) is 11.5. The molecule has 1 N–H and O–H groups in total. The molecular formula is C22H27FN2O4S. The van der Waals surface area contributed by atoms with E-state index in [0.29, 0.717) is 18.5 Å². The lowest BCUT2D eigenvalue weighted by atomic mass is 10.1. The van der Waals surface area contributed by atoms with Crippen molar-refractivity contribution in [3.63, 3.8) is 0 Å². The number of nitrogens with zero attached hydrogens (tertiary/aromatic N) is 1. The summed E-state index contributed by atoms with van der Waals surface area (Å²) in [6, 6.07) is 10.7. The number of carbonyl (C=O) groups is 1. The Bertz CT molecular complexity index is 1010. The summed E-state index contributed by atoms with van der Waals surface area (Å²) in [5.41, 5.74) is 0.724. The van der Waals surface area contributed by atoms with Gasteiger partial charge in [-0.1, -0.05) is 24.6 Å². The van der Waals surface area contributed by atoms with Gasteiger partial charge in [-0.05, 0) is 56.0 Å². The van der Waals surface area contributed by atoms with E-state index in [-0.39, 0.29) is 34.6 Å². The maximum absolute atomic E-state index is 13.7. The number of carbonyl (C=O) groups excluding carboxylic acids is 1. The molecule has 30 heavy (non-hydrogen) atoms. The molecule has 0 bridgehead atoms. The minimum Gasteiger partial charge on any atom is -0.495 e. The van der Waals surface area contributed by atoms with Crippen molar-refractivity contribution in [2.24, 2.45) is 0 Å². The van der Waals surface area contributed by atoms with Gasteiger partial charge in [0, 0.05) is 24.7 Å². The molecule has 1 unspecified atom stereocenters. The largest absolute Gasteiger partial charge is 0.495 e. The highest BCUT2D eigenvalue weighted by Gasteiger charge is 2.33. The van der Waals surface area contributed by atoms with Crippen LogP contribution in [0.3, 0.4) is 0 Å². The highest BCUT2D eigenvalue weighted by Crippen LogP contribution is 2.31. The van der Waals surface area contributed by atoms with Crippen LogP contribution in [0.15, 0.2) is 47.4 Å². The van der Waals surface area contributed by atoms with Crippen LogP contribution in [-0.2, 0) is 16.4 Å². The molecule has 1 amide bonds. The molecule has 162 valence electrons. The third kappa shape index (κ3) is 4.82. The molecule has 8 heteroatoms. The third-order valence-electron chi connectivity index (χ3n) is 5.39. The van der Waals surface area contributed by atoms with Crippen molar-refractivity contribution in [1.29, 1.82) is 0 Å². The normalized spacial score (nSPS) is 17.5. The number of rotatable bonds is 7. The first-order chi connectivity index (χ1) is 14.3. The van der Waals surface area contributed by atoms with E-state index in [9.17, 15) is 17.6 Å². The van der Waals surface area contributed by atoms with Crippen LogP contribution in [0.25, 0.3) is 0 Å². The van der Waals surface area contributed by atoms with Crippen LogP contribution in [0.1, 0.15) is 42.1 Å². The Balaban J connectivity index is 1.78. The van der Waals surface area contributed by atoms with Gasteiger partial charge in [0.2, 0.25) is 10.0 Å². The molecule has 0 saturated carbocycles. The van der Waals surface area contributed by atoms with Crippen LogP contribution >= 0.6 is 0 Å². The van der Waals surface area contributed by atoms with E-state index >= 15 is 0 Å². The zero-order chi connectivity index (χ0) is 21.7. The molecule has 1 fully saturated rings. The van der Waals surface area contributed by atoms with Crippen LogP contribution in [0.2, 0.25) is 0 Å². The number of nitrogens with one attached hydrogen (secondary N) is 1. The van der Waals surface area contributed by atoms with E-state index in [1.807, 2.05) is 6.92 Å². The topological polar surface area (TPSA) is 75.7 Å². The van der Waals surface area contributed by atoms with Crippen LogP contribution in [0.5, 0.6) is 5.75 Å². The fraction of sp³-hybridized carbons (Fsp3) is 0.409. The summed E-state index contributed by atoms with van der Waals surface area (Å²) in [6.45, 7) is 2.57. The van der Waals surface area contributed by atoms with Crippen LogP contribution in [0.4, 0.5) is 4.39 Å². The molecule has 2 aromatic rings. The van der Waals surface area contributed by atoms with Crippen molar-refractivity contribution in [2.75, 3.05) is 20.2 Å². The first kappa shape index (κ1) is 22.2. The molecule has 6 nitrogen and oxygen atoms in total. The number of halogens is 1. The maximum Gasteiger partial charge on any atom is 0.251 e. The van der Waals surface area contributed by atoms with Crippen molar-refractivity contribution in [3.05, 3.63) is 59.4 Å². The van der Waals surface area contributed by atoms with Crippen molar-refractivity contribution in [2.45, 2.75) is 43.5 Å². The average Bonchev–Trinajstić information content (AvgIpc) is 2.74. The van der Waals surface area contributed by atoms with E-state index < -0.39 is 15.9 Å². The van der Waals surface area contributed by atoms with E-state index in [1.54, 1.807) is 18.2 Å². The molecule has 0 aromatic heterocycles. The predicted molar refractivity (Wildman–Crippen MR) is 113 cm³/mol. The minimum atomic E-state index is -3.80. The summed E-state index contributed by atoms with van der Waals surface area (Å²) in [5, 5.41) is 2.72. The van der Waals surface area contributed by atoms with E-state index in [1.165, 1.54) is 35.7 Å². The molecule has 2 aromatic carbocycles. The number of sulfonamides is 1. The molecule has 1 aliphatic rings. The van der Waals surface area contributed by atoms with Gasteiger partial charge in [-0.2, -0.15) is 4.31 Å². The van der Waals surface area contributed by atoms with Crippen LogP contribution in [-0.4, -0.2) is 44.9 Å². The predicted octanol–water partition coefficient (Wildman–Crippen LogP) is 3.37. The Morgan fingerprint density at radius 3 is 2.70 bits per heavy atom. The van der Waals surface area contributed by atoms with Gasteiger partial charge >= 0.3 is 0 Å². The Labute approximate surface area is 177 Å². The van der Waals surface area contributed by atoms with Gasteiger partial charge in [-0.25, -0.2) is 12.8 Å². The number of hydrogen-bond acceptors (Lipinski definition) is 4. The minimum absolute atomic E-state index is 0.0134. The molecule has 1 heterocycles. The highest BCUT2D eigenvalue weighted by atomic mass is 32.2. The number of amides is 1. The maximum atomic E-state index is 13.7. The summed E-state index contributed by atoms with van der Waals surface area (Å²) in [4.78, 5) is 12.6. The van der Waals surface area contributed by atoms with E-state index in [4.69, 9.17) is 4.74 Å². The second-order valence-corrected chi connectivity index (χ2v) is 9.28. The van der Waals surface area contributed by atoms with Gasteiger partial charge in [0.15, 0.2) is 0 Å². The number of hydrogen-bond donors (Lipinski definition) is 1. The monoisotopic (exact) mass is 434 g/mol. The van der Waals surface area contributed by atoms with Gasteiger partial charge in [-0.15, -0.1) is 0 Å². The van der Waals surface area contributed by atoms with Gasteiger partial charge in [-0.3, -0.25) is 4.79 Å². The Morgan fingerprint density at radius 2 is 2.00 bits per heavy atom. The van der Waals surface area contributed by atoms with Gasteiger partial charge in [0.1, 0.15) is 16.5 Å². The first-order valence-electron chi connectivity index (χ1n) is 10.1. The van der Waals surface area contributed by atoms with Crippen LogP contribution < -0.4 is 10.1 Å². The van der Waals surface area contributed by atoms with Crippen molar-refractivity contribution in [3.8, 4) is 5.75 Å². The molecular weight excluding hydrogens is 407 g/mol. The summed E-state index contributed by atoms with van der Waals surface area (Å²) in [7, 11) is -2.40. The number of ether oxygens (including phenoxy) is 1. The standard InChI is InChI=1S/C22H27FN2O4S/c1-16-7-5-6-14-25(16)30(27,28)21-15-18(10-11-20(21)29-2)22(26)24-13-12-17-8-3-4-9-19(17)23/h3-4,8-11,15-16H,5-7,12-14H2,1-2H3,(H,24,26). The summed E-state index contributed by atoms with van der Waals surface area (Å²) >= 11 is 0. The van der Waals surface area contributed by atoms with Crippen LogP contribution in [0, 0.1) is 5.82 Å². The Hall–Kier alpha value is -2.45. The lowest BCUT2D eigenvalue weighted by molar-refractivity contribution is 0.0953. The summed E-state index contributed by atoms with van der Waals surface area (Å²) in [5.74, 6) is -0.534. The van der Waals surface area contributed by atoms with E-state index in [0.717, 1.165) is 19.3 Å². The molecule has 3 rings (SSSR count). The molecule has 0 radical (unpaired) electrons. The van der Waals surface area contributed by atoms with Crippen molar-refractivity contribution in [1.82, 2.24) is 9.62 Å². The van der Waals surface area contributed by atoms with Gasteiger partial charge < -0.3 is 10.1 Å². The lowest BCUT2D eigenvalue weighted by Gasteiger charge is -2.32. The average molecular weight is 435 g/mol. The molecule has 0 aliphatic carbocycles. The SMILES string of the molecule is COc1ccc(C(=O)NCCc2ccccc2F)cc1S(=O)(=O)N1CCCCC1C. The second kappa shape index (κ2) is 9.57. The molecule has 1 aliphatic heterocycles. The van der Waals surface area contributed by atoms with Crippen molar-refractivity contribution < 1.29 is 22.3 Å².